The molecule has 5 heterocycles. The number of halogens is 1. The van der Waals surface area contributed by atoms with Crippen LogP contribution in [0.25, 0.3) is 5.00 Å². The van der Waals surface area contributed by atoms with Gasteiger partial charge in [-0.15, -0.1) is 21.5 Å². The van der Waals surface area contributed by atoms with Crippen molar-refractivity contribution in [1.29, 1.82) is 0 Å². The Bertz CT molecular complexity index is 2300. The van der Waals surface area contributed by atoms with E-state index in [4.69, 9.17) is 21.3 Å². The van der Waals surface area contributed by atoms with Crippen molar-refractivity contribution in [1.82, 2.24) is 35.6 Å². The molecule has 290 valence electrons. The molecular formula is C39H39ClN8O7S. The third kappa shape index (κ3) is 7.58. The highest BCUT2D eigenvalue weighted by molar-refractivity contribution is 7.15. The fourth-order valence-corrected chi connectivity index (χ4v) is 8.41. The average molecular weight is 799 g/mol. The first-order valence-corrected chi connectivity index (χ1v) is 19.5. The van der Waals surface area contributed by atoms with E-state index in [2.05, 4.69) is 40.0 Å². The van der Waals surface area contributed by atoms with Crippen LogP contribution in [0.1, 0.15) is 98.5 Å². The van der Waals surface area contributed by atoms with Gasteiger partial charge in [0.05, 0.1) is 23.3 Å². The lowest BCUT2D eigenvalue weighted by molar-refractivity contribution is -0.131. The topological polar surface area (TPSA) is 194 Å². The van der Waals surface area contributed by atoms with Crippen LogP contribution in [0.2, 0.25) is 5.02 Å². The first kappa shape index (κ1) is 38.5. The van der Waals surface area contributed by atoms with Gasteiger partial charge in [-0.2, -0.15) is 0 Å². The third-order valence-corrected chi connectivity index (χ3v) is 11.5. The second kappa shape index (κ2) is 16.2. The molecule has 3 aliphatic heterocycles. The van der Waals surface area contributed by atoms with Crippen LogP contribution >= 0.6 is 22.9 Å². The summed E-state index contributed by atoms with van der Waals surface area (Å²) in [5.41, 5.74) is 3.76. The van der Waals surface area contributed by atoms with Crippen LogP contribution in [0.3, 0.4) is 0 Å². The maximum Gasteiger partial charge on any atom is 0.266 e. The molecule has 2 aromatic carbocycles. The minimum Gasteiger partial charge on any atom is -0.483 e. The summed E-state index contributed by atoms with van der Waals surface area (Å²) in [4.78, 5) is 84.0. The summed E-state index contributed by atoms with van der Waals surface area (Å²) >= 11 is 7.85. The van der Waals surface area contributed by atoms with Crippen molar-refractivity contribution in [3.05, 3.63) is 91.8 Å². The molecule has 3 aliphatic rings. The second-order valence-corrected chi connectivity index (χ2v) is 15.4. The molecular weight excluding hydrogens is 760 g/mol. The summed E-state index contributed by atoms with van der Waals surface area (Å²) in [6, 6.07) is 10.2. The number of benzene rings is 2. The highest BCUT2D eigenvalue weighted by Gasteiger charge is 2.45. The molecule has 6 amide bonds. The number of hydrogen-bond acceptors (Lipinski definition) is 11. The lowest BCUT2D eigenvalue weighted by atomic mass is 9.99. The number of rotatable bonds is 12. The van der Waals surface area contributed by atoms with Gasteiger partial charge in [-0.25, -0.2) is 0 Å². The molecule has 1 fully saturated rings. The van der Waals surface area contributed by atoms with Crippen LogP contribution in [0.15, 0.2) is 47.5 Å². The summed E-state index contributed by atoms with van der Waals surface area (Å²) < 4.78 is 7.67. The van der Waals surface area contributed by atoms with Crippen molar-refractivity contribution in [2.45, 2.75) is 71.4 Å². The lowest BCUT2D eigenvalue weighted by Crippen LogP contribution is -2.49. The van der Waals surface area contributed by atoms with Crippen molar-refractivity contribution in [3.8, 4) is 10.8 Å². The summed E-state index contributed by atoms with van der Waals surface area (Å²) in [7, 11) is 0. The zero-order valence-electron chi connectivity index (χ0n) is 30.9. The van der Waals surface area contributed by atoms with Gasteiger partial charge < -0.3 is 15.4 Å². The summed E-state index contributed by atoms with van der Waals surface area (Å²) in [5.74, 6) is -1.85. The van der Waals surface area contributed by atoms with Crippen molar-refractivity contribution in [3.63, 3.8) is 0 Å². The third-order valence-electron chi connectivity index (χ3n) is 10.0. The number of nitrogens with one attached hydrogen (secondary N) is 3. The number of aliphatic imine (C=N–C) groups is 1. The molecule has 7 rings (SSSR count). The molecule has 0 bridgehead atoms. The lowest BCUT2D eigenvalue weighted by Gasteiger charge is -2.23. The number of thiophene rings is 1. The molecule has 2 atom stereocenters. The Labute approximate surface area is 330 Å². The van der Waals surface area contributed by atoms with E-state index in [1.54, 1.807) is 11.3 Å². The van der Waals surface area contributed by atoms with E-state index in [-0.39, 0.29) is 42.0 Å². The zero-order valence-corrected chi connectivity index (χ0v) is 32.5. The Morgan fingerprint density at radius 3 is 2.43 bits per heavy atom. The Kier molecular flexibility index (Phi) is 11.1. The van der Waals surface area contributed by atoms with E-state index in [1.165, 1.54) is 18.2 Å². The van der Waals surface area contributed by atoms with E-state index in [1.807, 2.05) is 35.8 Å². The monoisotopic (exact) mass is 798 g/mol. The van der Waals surface area contributed by atoms with E-state index in [0.717, 1.165) is 37.2 Å². The fourth-order valence-electron chi connectivity index (χ4n) is 7.07. The van der Waals surface area contributed by atoms with Gasteiger partial charge in [0.25, 0.3) is 17.7 Å². The number of aryl methyl sites for hydroxylation is 2. The smallest absolute Gasteiger partial charge is 0.266 e. The number of imide groups is 2. The molecule has 15 nitrogen and oxygen atoms in total. The van der Waals surface area contributed by atoms with Crippen LogP contribution in [-0.2, 0) is 19.2 Å². The van der Waals surface area contributed by atoms with E-state index >= 15 is 0 Å². The number of nitrogens with zero attached hydrogens (tertiary/aromatic N) is 5. The molecule has 17 heteroatoms. The molecule has 0 spiro atoms. The van der Waals surface area contributed by atoms with Gasteiger partial charge in [0.15, 0.2) is 12.4 Å². The first-order chi connectivity index (χ1) is 26.9. The fraction of sp³-hybridized carbons (Fsp3) is 0.359. The summed E-state index contributed by atoms with van der Waals surface area (Å²) in [5, 5.41) is 18.3. The number of carbonyl (C=O) groups is 6. The second-order valence-electron chi connectivity index (χ2n) is 13.8. The number of carbonyl (C=O) groups excluding carboxylic acids is 6. The summed E-state index contributed by atoms with van der Waals surface area (Å²) in [6.45, 7) is 6.30. The van der Waals surface area contributed by atoms with Gasteiger partial charge in [-0.1, -0.05) is 29.8 Å². The highest BCUT2D eigenvalue weighted by atomic mass is 35.5. The predicted octanol–water partition coefficient (Wildman–Crippen LogP) is 4.07. The molecule has 2 aromatic heterocycles. The van der Waals surface area contributed by atoms with Gasteiger partial charge in [-0.05, 0) is 76.3 Å². The van der Waals surface area contributed by atoms with E-state index in [0.29, 0.717) is 49.0 Å². The number of unbranched alkanes of at least 4 members (excludes halogenated alkanes) is 1. The van der Waals surface area contributed by atoms with Gasteiger partial charge >= 0.3 is 0 Å². The quantitative estimate of drug-likeness (QED) is 0.140. The molecule has 0 radical (unpaired) electrons. The van der Waals surface area contributed by atoms with Gasteiger partial charge in [0, 0.05) is 40.5 Å². The van der Waals surface area contributed by atoms with Crippen LogP contribution in [0.5, 0.6) is 5.75 Å². The van der Waals surface area contributed by atoms with Crippen LogP contribution in [-0.4, -0.2) is 86.6 Å². The standard InChI is InChI=1S/C39H39ClN8O7S/c1-20-21(2)56-39-32(20)34(23-12-14-24(40)15-13-23)43-26(35-46-45-22(3)47(35)39)18-30(50)41-16-4-5-17-42-31(51)19-55-28-10-6-8-25-33(28)38(54)48(37(25)53)27-9-7-11-29(49)44-36(27)52/h6,8,10,12-15,26-27H,4-5,7,9,11,16-19H2,1-3H3,(H,41,50)(H,42,51)(H,44,49,52)/t26-,27-/m0/s1. The molecule has 0 saturated carbocycles. The van der Waals surface area contributed by atoms with E-state index < -0.39 is 48.2 Å². The number of aromatic nitrogens is 3. The zero-order chi connectivity index (χ0) is 39.7. The minimum absolute atomic E-state index is 0.0307. The van der Waals surface area contributed by atoms with Crippen molar-refractivity contribution >= 4 is 64.1 Å². The maximum atomic E-state index is 13.4. The normalized spacial score (nSPS) is 17.6. The number of amides is 6. The van der Waals surface area contributed by atoms with Gasteiger partial charge in [-0.3, -0.25) is 48.5 Å². The highest BCUT2D eigenvalue weighted by Crippen LogP contribution is 2.40. The maximum absolute atomic E-state index is 13.4. The molecule has 3 N–H and O–H groups in total. The molecule has 4 aromatic rings. The van der Waals surface area contributed by atoms with Gasteiger partial charge in [0.1, 0.15) is 28.7 Å². The van der Waals surface area contributed by atoms with Crippen LogP contribution in [0.4, 0.5) is 0 Å². The number of fused-ring (bicyclic) bond motifs is 4. The van der Waals surface area contributed by atoms with Crippen molar-refractivity contribution < 1.29 is 33.5 Å². The van der Waals surface area contributed by atoms with Crippen molar-refractivity contribution in [2.75, 3.05) is 19.7 Å². The van der Waals surface area contributed by atoms with Crippen LogP contribution < -0.4 is 20.7 Å². The van der Waals surface area contributed by atoms with Crippen LogP contribution in [0, 0.1) is 20.8 Å². The first-order valence-electron chi connectivity index (χ1n) is 18.3. The molecule has 1 saturated heterocycles. The number of ether oxygens (including phenoxy) is 1. The van der Waals surface area contributed by atoms with Gasteiger partial charge in [0.2, 0.25) is 17.7 Å². The largest absolute Gasteiger partial charge is 0.483 e. The summed E-state index contributed by atoms with van der Waals surface area (Å²) in [6.07, 6.45) is 1.82. The Morgan fingerprint density at radius 1 is 0.946 bits per heavy atom. The molecule has 0 unspecified atom stereocenters. The van der Waals surface area contributed by atoms with Crippen molar-refractivity contribution in [2.24, 2.45) is 4.99 Å². The molecule has 0 aliphatic carbocycles. The Hall–Kier alpha value is -5.74. The van der Waals surface area contributed by atoms with E-state index in [9.17, 15) is 28.8 Å². The predicted molar refractivity (Wildman–Crippen MR) is 206 cm³/mol. The average Bonchev–Trinajstić information content (AvgIpc) is 3.69. The Balaban J connectivity index is 0.906. The minimum atomic E-state index is -1.12. The Morgan fingerprint density at radius 2 is 1.68 bits per heavy atom. The number of hydrogen-bond donors (Lipinski definition) is 3. The molecule has 56 heavy (non-hydrogen) atoms. The SMILES string of the molecule is Cc1sc2c(c1C)C(c1ccc(Cl)cc1)=N[C@@H](CC(=O)NCCCCNC(=O)COc1cccc3c1C(=O)N([C@H]1CCCC(=O)NC1=O)C3=O)c1nnc(C)n1-2.